The van der Waals surface area contributed by atoms with Crippen LogP contribution in [0.15, 0.2) is 35.4 Å². The molecule has 1 heterocycles. The summed E-state index contributed by atoms with van der Waals surface area (Å²) < 4.78 is 1.79. The van der Waals surface area contributed by atoms with Gasteiger partial charge in [-0.3, -0.25) is 9.48 Å². The molecule has 0 radical (unpaired) electrons. The second-order valence-corrected chi connectivity index (χ2v) is 4.27. The molecule has 0 aliphatic heterocycles. The SMILES string of the molecule is Cc1nn(C)c(C)c1/C=N\NC(=O)c1ccccc1. The molecule has 0 bridgehead atoms. The van der Waals surface area contributed by atoms with Crippen molar-refractivity contribution < 1.29 is 4.79 Å². The minimum absolute atomic E-state index is 0.226. The zero-order chi connectivity index (χ0) is 13.8. The molecule has 0 saturated heterocycles. The quantitative estimate of drug-likeness (QED) is 0.672. The lowest BCUT2D eigenvalue weighted by atomic mass is 10.2. The van der Waals surface area contributed by atoms with Gasteiger partial charge in [0.25, 0.3) is 5.91 Å². The molecule has 0 unspecified atom stereocenters. The summed E-state index contributed by atoms with van der Waals surface area (Å²) in [4.78, 5) is 11.8. The number of benzene rings is 1. The number of hydrogen-bond acceptors (Lipinski definition) is 3. The summed E-state index contributed by atoms with van der Waals surface area (Å²) in [7, 11) is 1.88. The van der Waals surface area contributed by atoms with Gasteiger partial charge in [0.15, 0.2) is 0 Å². The monoisotopic (exact) mass is 256 g/mol. The van der Waals surface area contributed by atoms with Crippen LogP contribution >= 0.6 is 0 Å². The summed E-state index contributed by atoms with van der Waals surface area (Å²) in [5.74, 6) is -0.226. The lowest BCUT2D eigenvalue weighted by Gasteiger charge is -1.99. The lowest BCUT2D eigenvalue weighted by molar-refractivity contribution is 0.0955. The molecule has 0 saturated carbocycles. The van der Waals surface area contributed by atoms with E-state index in [1.54, 1.807) is 23.0 Å². The number of carbonyl (C=O) groups excluding carboxylic acids is 1. The van der Waals surface area contributed by atoms with Gasteiger partial charge in [-0.1, -0.05) is 18.2 Å². The average Bonchev–Trinajstić information content (AvgIpc) is 2.66. The molecule has 1 N–H and O–H groups in total. The van der Waals surface area contributed by atoms with Crippen molar-refractivity contribution in [2.45, 2.75) is 13.8 Å². The second-order valence-electron chi connectivity index (χ2n) is 4.27. The van der Waals surface area contributed by atoms with Crippen LogP contribution in [0.1, 0.15) is 27.3 Å². The van der Waals surface area contributed by atoms with Gasteiger partial charge in [-0.05, 0) is 26.0 Å². The van der Waals surface area contributed by atoms with Gasteiger partial charge in [-0.2, -0.15) is 10.2 Å². The minimum Gasteiger partial charge on any atom is -0.272 e. The van der Waals surface area contributed by atoms with Gasteiger partial charge in [0.1, 0.15) is 0 Å². The third-order valence-electron chi connectivity index (χ3n) is 2.96. The van der Waals surface area contributed by atoms with Crippen molar-refractivity contribution in [2.24, 2.45) is 12.1 Å². The molecule has 5 heteroatoms. The molecule has 0 fully saturated rings. The van der Waals surface area contributed by atoms with Crippen LogP contribution in [0.25, 0.3) is 0 Å². The molecule has 0 atom stereocenters. The predicted molar refractivity (Wildman–Crippen MR) is 74.2 cm³/mol. The van der Waals surface area contributed by atoms with Gasteiger partial charge >= 0.3 is 0 Å². The Morgan fingerprint density at radius 3 is 2.58 bits per heavy atom. The summed E-state index contributed by atoms with van der Waals surface area (Å²) in [6.45, 7) is 3.87. The number of hydrazone groups is 1. The van der Waals surface area contributed by atoms with Gasteiger partial charge in [0, 0.05) is 23.9 Å². The van der Waals surface area contributed by atoms with Crippen LogP contribution in [0.5, 0.6) is 0 Å². The zero-order valence-corrected chi connectivity index (χ0v) is 11.2. The molecular formula is C14H16N4O. The fourth-order valence-electron chi connectivity index (χ4n) is 1.79. The van der Waals surface area contributed by atoms with E-state index in [9.17, 15) is 4.79 Å². The predicted octanol–water partition coefficient (Wildman–Crippen LogP) is 1.80. The highest BCUT2D eigenvalue weighted by molar-refractivity contribution is 5.94. The van der Waals surface area contributed by atoms with Crippen molar-refractivity contribution >= 4 is 12.1 Å². The van der Waals surface area contributed by atoms with Gasteiger partial charge in [0.05, 0.1) is 11.9 Å². The van der Waals surface area contributed by atoms with Crippen LogP contribution in [-0.4, -0.2) is 21.9 Å². The standard InChI is InChI=1S/C14H16N4O/c1-10-13(11(2)18(3)17-10)9-15-16-14(19)12-7-5-4-6-8-12/h4-9H,1-3H3,(H,16,19)/b15-9-. The minimum atomic E-state index is -0.226. The van der Waals surface area contributed by atoms with E-state index in [0.29, 0.717) is 5.56 Å². The number of nitrogens with one attached hydrogen (secondary N) is 1. The first kappa shape index (κ1) is 13.0. The molecule has 0 spiro atoms. The van der Waals surface area contributed by atoms with E-state index in [0.717, 1.165) is 17.0 Å². The summed E-state index contributed by atoms with van der Waals surface area (Å²) in [5.41, 5.74) is 5.91. The van der Waals surface area contributed by atoms with Gasteiger partial charge in [-0.25, -0.2) is 5.43 Å². The van der Waals surface area contributed by atoms with Crippen molar-refractivity contribution in [3.8, 4) is 0 Å². The maximum Gasteiger partial charge on any atom is 0.271 e. The molecule has 19 heavy (non-hydrogen) atoms. The van der Waals surface area contributed by atoms with Crippen molar-refractivity contribution in [3.63, 3.8) is 0 Å². The van der Waals surface area contributed by atoms with E-state index < -0.39 is 0 Å². The van der Waals surface area contributed by atoms with E-state index in [2.05, 4.69) is 15.6 Å². The van der Waals surface area contributed by atoms with Gasteiger partial charge in [-0.15, -0.1) is 0 Å². The Balaban J connectivity index is 2.07. The van der Waals surface area contributed by atoms with Crippen LogP contribution in [-0.2, 0) is 7.05 Å². The highest BCUT2D eigenvalue weighted by Crippen LogP contribution is 2.08. The average molecular weight is 256 g/mol. The van der Waals surface area contributed by atoms with Crippen molar-refractivity contribution in [1.29, 1.82) is 0 Å². The van der Waals surface area contributed by atoms with E-state index in [4.69, 9.17) is 0 Å². The number of amides is 1. The van der Waals surface area contributed by atoms with Crippen LogP contribution in [0.4, 0.5) is 0 Å². The van der Waals surface area contributed by atoms with E-state index in [-0.39, 0.29) is 5.91 Å². The van der Waals surface area contributed by atoms with Gasteiger partial charge in [0.2, 0.25) is 0 Å². The van der Waals surface area contributed by atoms with Crippen molar-refractivity contribution in [2.75, 3.05) is 0 Å². The first-order chi connectivity index (χ1) is 9.09. The maximum atomic E-state index is 11.8. The number of nitrogens with zero attached hydrogens (tertiary/aromatic N) is 3. The normalized spacial score (nSPS) is 10.9. The Morgan fingerprint density at radius 2 is 2.00 bits per heavy atom. The first-order valence-electron chi connectivity index (χ1n) is 5.98. The third kappa shape index (κ3) is 2.88. The summed E-state index contributed by atoms with van der Waals surface area (Å²) in [6, 6.07) is 8.97. The number of hydrogen-bond donors (Lipinski definition) is 1. The highest BCUT2D eigenvalue weighted by atomic mass is 16.2. The molecular weight excluding hydrogens is 240 g/mol. The molecule has 98 valence electrons. The smallest absolute Gasteiger partial charge is 0.271 e. The number of rotatable bonds is 3. The molecule has 1 amide bonds. The Morgan fingerprint density at radius 1 is 1.32 bits per heavy atom. The lowest BCUT2D eigenvalue weighted by Crippen LogP contribution is -2.17. The fraction of sp³-hybridized carbons (Fsp3) is 0.214. The van der Waals surface area contributed by atoms with Gasteiger partial charge < -0.3 is 0 Å². The molecule has 2 rings (SSSR count). The fourth-order valence-corrected chi connectivity index (χ4v) is 1.79. The molecule has 1 aromatic heterocycles. The Bertz CT molecular complexity index is 614. The summed E-state index contributed by atoms with van der Waals surface area (Å²) in [5, 5.41) is 8.25. The molecule has 0 aliphatic carbocycles. The Labute approximate surface area is 111 Å². The Hall–Kier alpha value is -2.43. The van der Waals surface area contributed by atoms with E-state index in [1.165, 1.54) is 0 Å². The Kier molecular flexibility index (Phi) is 3.75. The number of aromatic nitrogens is 2. The number of aryl methyl sites for hydroxylation is 2. The molecule has 2 aromatic rings. The largest absolute Gasteiger partial charge is 0.272 e. The van der Waals surface area contributed by atoms with E-state index in [1.807, 2.05) is 39.1 Å². The third-order valence-corrected chi connectivity index (χ3v) is 2.96. The van der Waals surface area contributed by atoms with E-state index >= 15 is 0 Å². The van der Waals surface area contributed by atoms with Crippen LogP contribution in [0.2, 0.25) is 0 Å². The zero-order valence-electron chi connectivity index (χ0n) is 11.2. The molecule has 5 nitrogen and oxygen atoms in total. The summed E-state index contributed by atoms with van der Waals surface area (Å²) >= 11 is 0. The highest BCUT2D eigenvalue weighted by Gasteiger charge is 2.07. The molecule has 1 aromatic carbocycles. The first-order valence-corrected chi connectivity index (χ1v) is 5.98. The topological polar surface area (TPSA) is 59.3 Å². The van der Waals surface area contributed by atoms with Crippen LogP contribution in [0, 0.1) is 13.8 Å². The summed E-state index contributed by atoms with van der Waals surface area (Å²) in [6.07, 6.45) is 1.62. The van der Waals surface area contributed by atoms with Crippen molar-refractivity contribution in [1.82, 2.24) is 15.2 Å². The number of carbonyl (C=O) groups is 1. The maximum absolute atomic E-state index is 11.8. The van der Waals surface area contributed by atoms with Crippen LogP contribution < -0.4 is 5.43 Å². The van der Waals surface area contributed by atoms with Crippen LogP contribution in [0.3, 0.4) is 0 Å². The van der Waals surface area contributed by atoms with Crippen molar-refractivity contribution in [3.05, 3.63) is 52.8 Å². The molecule has 0 aliphatic rings. The second kappa shape index (κ2) is 5.48.